The molecule has 2 heterocycles. The van der Waals surface area contributed by atoms with Crippen LogP contribution in [0.5, 0.6) is 6.01 Å². The molecule has 0 atom stereocenters. The molecule has 1 aromatic carbocycles. The van der Waals surface area contributed by atoms with Crippen LogP contribution in [-0.4, -0.2) is 55.1 Å². The Morgan fingerprint density at radius 2 is 2.12 bits per heavy atom. The number of hydrogen-bond acceptors (Lipinski definition) is 8. The molecule has 0 bridgehead atoms. The highest BCUT2D eigenvalue weighted by atomic mass is 32.2. The normalized spacial score (nSPS) is 11.4. The van der Waals surface area contributed by atoms with Crippen molar-refractivity contribution in [2.24, 2.45) is 0 Å². The van der Waals surface area contributed by atoms with E-state index in [2.05, 4.69) is 26.2 Å². The van der Waals surface area contributed by atoms with E-state index in [9.17, 15) is 9.59 Å². The number of carboxylic acids is 1. The van der Waals surface area contributed by atoms with Crippen LogP contribution in [0.1, 0.15) is 38.2 Å². The van der Waals surface area contributed by atoms with Gasteiger partial charge in [0.1, 0.15) is 5.52 Å². The highest BCUT2D eigenvalue weighted by molar-refractivity contribution is 7.97. The van der Waals surface area contributed by atoms with E-state index in [-0.39, 0.29) is 23.9 Å². The molecule has 3 aromatic rings. The Kier molecular flexibility index (Phi) is 8.72. The van der Waals surface area contributed by atoms with Crippen molar-refractivity contribution in [3.05, 3.63) is 40.3 Å². The first-order chi connectivity index (χ1) is 15.9. The molecule has 0 saturated heterocycles. The fourth-order valence-electron chi connectivity index (χ4n) is 3.33. The molecular weight excluding hydrogens is 444 g/mol. The van der Waals surface area contributed by atoms with Crippen molar-refractivity contribution < 1.29 is 14.6 Å². The van der Waals surface area contributed by atoms with Gasteiger partial charge in [0.2, 0.25) is 0 Å². The van der Waals surface area contributed by atoms with Crippen LogP contribution >= 0.6 is 11.9 Å². The molecule has 10 nitrogen and oxygen atoms in total. The second-order valence-electron chi connectivity index (χ2n) is 7.74. The largest absolute Gasteiger partial charge is 0.481 e. The standard InChI is InChI=1S/C22H30N6O4S/c1-3-4-12-32-21-25-19(23)18-20(26-21)28(22(31)24-18)11-6-5-10-27(2)33-16-9-7-8-15(13-16)14-17(29)30/h7-9,13H,3-6,10-12,14H2,1-2H3,(H,24,31)(H,29,30)(H2,23,25,26). The molecule has 11 heteroatoms. The molecule has 0 radical (unpaired) electrons. The lowest BCUT2D eigenvalue weighted by molar-refractivity contribution is -0.136. The first-order valence-corrected chi connectivity index (χ1v) is 11.7. The number of aromatic amines is 1. The van der Waals surface area contributed by atoms with Crippen molar-refractivity contribution in [3.63, 3.8) is 0 Å². The third-order valence-electron chi connectivity index (χ3n) is 4.98. The maximum atomic E-state index is 12.4. The number of nitrogens with zero attached hydrogens (tertiary/aromatic N) is 4. The number of anilines is 1. The molecule has 33 heavy (non-hydrogen) atoms. The smallest absolute Gasteiger partial charge is 0.327 e. The monoisotopic (exact) mass is 474 g/mol. The topological polar surface area (TPSA) is 139 Å². The number of nitrogen functional groups attached to an aromatic ring is 1. The lowest BCUT2D eigenvalue weighted by Crippen LogP contribution is -2.18. The number of benzene rings is 1. The second-order valence-corrected chi connectivity index (χ2v) is 9.02. The van der Waals surface area contributed by atoms with Crippen molar-refractivity contribution in [2.75, 3.05) is 25.9 Å². The summed E-state index contributed by atoms with van der Waals surface area (Å²) in [6, 6.07) is 7.72. The Morgan fingerprint density at radius 3 is 2.88 bits per heavy atom. The van der Waals surface area contributed by atoms with Gasteiger partial charge in [-0.25, -0.2) is 9.10 Å². The van der Waals surface area contributed by atoms with Crippen LogP contribution in [0.15, 0.2) is 34.0 Å². The number of aliphatic carboxylic acids is 1. The number of fused-ring (bicyclic) bond motifs is 1. The number of carboxylic acid groups (broad SMARTS) is 1. The maximum absolute atomic E-state index is 12.4. The van der Waals surface area contributed by atoms with Crippen LogP contribution in [0, 0.1) is 0 Å². The zero-order valence-corrected chi connectivity index (χ0v) is 19.7. The van der Waals surface area contributed by atoms with Crippen molar-refractivity contribution in [2.45, 2.75) is 50.5 Å². The summed E-state index contributed by atoms with van der Waals surface area (Å²) in [7, 11) is 1.99. The zero-order valence-electron chi connectivity index (χ0n) is 18.9. The number of imidazole rings is 1. The van der Waals surface area contributed by atoms with Crippen LogP contribution in [0.2, 0.25) is 0 Å². The summed E-state index contributed by atoms with van der Waals surface area (Å²) in [5.74, 6) is -0.645. The number of aryl methyl sites for hydroxylation is 1. The van der Waals surface area contributed by atoms with Crippen LogP contribution in [0.25, 0.3) is 11.2 Å². The van der Waals surface area contributed by atoms with E-state index in [1.165, 1.54) is 0 Å². The van der Waals surface area contributed by atoms with Gasteiger partial charge in [-0.3, -0.25) is 9.36 Å². The third-order valence-corrected chi connectivity index (χ3v) is 5.94. The number of hydrogen-bond donors (Lipinski definition) is 3. The fraction of sp³-hybridized carbons (Fsp3) is 0.455. The average Bonchev–Trinajstić information content (AvgIpc) is 3.07. The Labute approximate surface area is 196 Å². The van der Waals surface area contributed by atoms with Crippen molar-refractivity contribution >= 4 is 34.9 Å². The number of carbonyl (C=O) groups is 1. The minimum Gasteiger partial charge on any atom is -0.481 e. The van der Waals surface area contributed by atoms with E-state index in [0.29, 0.717) is 24.3 Å². The van der Waals surface area contributed by atoms with Crippen LogP contribution in [-0.2, 0) is 17.8 Å². The van der Waals surface area contributed by atoms with Gasteiger partial charge < -0.3 is 20.6 Å². The molecule has 0 fully saturated rings. The van der Waals surface area contributed by atoms with E-state index in [0.717, 1.165) is 42.7 Å². The molecule has 0 unspecified atom stereocenters. The molecule has 0 aliphatic heterocycles. The highest BCUT2D eigenvalue weighted by Gasteiger charge is 2.14. The van der Waals surface area contributed by atoms with Crippen molar-refractivity contribution in [3.8, 4) is 6.01 Å². The molecule has 2 aromatic heterocycles. The van der Waals surface area contributed by atoms with Gasteiger partial charge >= 0.3 is 17.7 Å². The summed E-state index contributed by atoms with van der Waals surface area (Å²) in [4.78, 5) is 35.6. The van der Waals surface area contributed by atoms with Gasteiger partial charge in [0.15, 0.2) is 11.5 Å². The Hall–Kier alpha value is -3.05. The predicted octanol–water partition coefficient (Wildman–Crippen LogP) is 2.93. The quantitative estimate of drug-likeness (QED) is 0.252. The van der Waals surface area contributed by atoms with Gasteiger partial charge in [-0.15, -0.1) is 0 Å². The summed E-state index contributed by atoms with van der Waals surface area (Å²) in [6.07, 6.45) is 3.52. The minimum absolute atomic E-state index is 0.0108. The van der Waals surface area contributed by atoms with Gasteiger partial charge in [0.05, 0.1) is 13.0 Å². The fourth-order valence-corrected chi connectivity index (χ4v) is 4.25. The Balaban J connectivity index is 1.55. The van der Waals surface area contributed by atoms with Gasteiger partial charge in [-0.2, -0.15) is 9.97 Å². The van der Waals surface area contributed by atoms with Crippen LogP contribution in [0.3, 0.4) is 0 Å². The van der Waals surface area contributed by atoms with E-state index in [4.69, 9.17) is 15.6 Å². The van der Waals surface area contributed by atoms with E-state index in [1.54, 1.807) is 16.5 Å². The van der Waals surface area contributed by atoms with E-state index >= 15 is 0 Å². The van der Waals surface area contributed by atoms with Gasteiger partial charge in [-0.1, -0.05) is 25.5 Å². The number of aromatic nitrogens is 4. The van der Waals surface area contributed by atoms with Crippen molar-refractivity contribution in [1.29, 1.82) is 0 Å². The molecule has 3 rings (SSSR count). The van der Waals surface area contributed by atoms with Gasteiger partial charge in [0.25, 0.3) is 0 Å². The Bertz CT molecular complexity index is 1150. The minimum atomic E-state index is -0.843. The zero-order chi connectivity index (χ0) is 23.8. The summed E-state index contributed by atoms with van der Waals surface area (Å²) in [5, 5.41) is 8.96. The van der Waals surface area contributed by atoms with Gasteiger partial charge in [0, 0.05) is 18.0 Å². The average molecular weight is 475 g/mol. The molecule has 0 aliphatic carbocycles. The molecule has 0 amide bonds. The lowest BCUT2D eigenvalue weighted by Gasteiger charge is -2.15. The van der Waals surface area contributed by atoms with Crippen LogP contribution in [0.4, 0.5) is 5.82 Å². The van der Waals surface area contributed by atoms with Crippen LogP contribution < -0.4 is 16.2 Å². The number of H-pyrrole nitrogens is 1. The molecule has 0 aliphatic rings. The lowest BCUT2D eigenvalue weighted by atomic mass is 10.2. The first-order valence-electron chi connectivity index (χ1n) is 11.0. The summed E-state index contributed by atoms with van der Waals surface area (Å²) in [5.41, 5.74) is 7.38. The number of ether oxygens (including phenoxy) is 1. The maximum Gasteiger partial charge on any atom is 0.327 e. The molecule has 4 N–H and O–H groups in total. The predicted molar refractivity (Wildman–Crippen MR) is 128 cm³/mol. The summed E-state index contributed by atoms with van der Waals surface area (Å²) >= 11 is 1.56. The first kappa shape index (κ1) is 24.6. The number of rotatable bonds is 13. The third kappa shape index (κ3) is 6.96. The molecule has 0 spiro atoms. The second kappa shape index (κ2) is 11.7. The van der Waals surface area contributed by atoms with E-state index in [1.807, 2.05) is 31.3 Å². The Morgan fingerprint density at radius 1 is 1.30 bits per heavy atom. The molecule has 178 valence electrons. The van der Waals surface area contributed by atoms with Crippen molar-refractivity contribution in [1.82, 2.24) is 23.8 Å². The summed E-state index contributed by atoms with van der Waals surface area (Å²) < 4.78 is 9.24. The summed E-state index contributed by atoms with van der Waals surface area (Å²) in [6.45, 7) is 3.86. The highest BCUT2D eigenvalue weighted by Crippen LogP contribution is 2.23. The van der Waals surface area contributed by atoms with E-state index < -0.39 is 5.97 Å². The SMILES string of the molecule is CCCCOc1nc(N)c2[nH]c(=O)n(CCCCN(C)Sc3cccc(CC(=O)O)c3)c2n1. The number of nitrogens with one attached hydrogen (secondary N) is 1. The number of unbranched alkanes of at least 4 members (excludes halogenated alkanes) is 2. The molecule has 0 saturated carbocycles. The molecular formula is C22H30N6O4S. The van der Waals surface area contributed by atoms with Gasteiger partial charge in [-0.05, 0) is 56.0 Å². The number of nitrogens with two attached hydrogens (primary N) is 1.